The summed E-state index contributed by atoms with van der Waals surface area (Å²) in [4.78, 5) is 23.0. The van der Waals surface area contributed by atoms with Gasteiger partial charge in [-0.2, -0.15) is 0 Å². The fourth-order valence-electron chi connectivity index (χ4n) is 2.00. The molecule has 0 spiro atoms. The minimum atomic E-state index is -1.74. The number of ether oxygens (including phenoxy) is 1. The largest absolute Gasteiger partial charge is 0.469 e. The smallest absolute Gasteiger partial charge is 0.314 e. The molecule has 92 valence electrons. The summed E-state index contributed by atoms with van der Waals surface area (Å²) in [7, 11) is 1.21. The van der Waals surface area contributed by atoms with Gasteiger partial charge in [0.2, 0.25) is 0 Å². The Morgan fingerprint density at radius 1 is 1.62 bits per heavy atom. The van der Waals surface area contributed by atoms with Crippen molar-refractivity contribution in [2.24, 2.45) is 5.92 Å². The normalized spacial score (nSPS) is 33.6. The number of carbonyl (C=O) groups is 2. The van der Waals surface area contributed by atoms with Gasteiger partial charge in [-0.1, -0.05) is 0 Å². The van der Waals surface area contributed by atoms with Crippen LogP contribution in [0.3, 0.4) is 0 Å². The number of amides is 1. The van der Waals surface area contributed by atoms with Crippen LogP contribution in [0.1, 0.15) is 19.8 Å². The van der Waals surface area contributed by atoms with Crippen LogP contribution >= 0.6 is 0 Å². The molecule has 0 radical (unpaired) electrons. The van der Waals surface area contributed by atoms with E-state index in [1.165, 1.54) is 14.0 Å². The van der Waals surface area contributed by atoms with Gasteiger partial charge in [-0.05, 0) is 19.8 Å². The van der Waals surface area contributed by atoms with Crippen LogP contribution in [-0.4, -0.2) is 47.4 Å². The molecule has 0 aromatic rings. The molecule has 6 nitrogen and oxygen atoms in total. The molecule has 0 saturated carbocycles. The molecule has 1 saturated heterocycles. The van der Waals surface area contributed by atoms with Gasteiger partial charge in [0.25, 0.3) is 5.91 Å². The highest BCUT2D eigenvalue weighted by Gasteiger charge is 2.54. The predicted molar refractivity (Wildman–Crippen MR) is 54.4 cm³/mol. The average Bonchev–Trinajstić information content (AvgIpc) is 2.46. The van der Waals surface area contributed by atoms with Crippen molar-refractivity contribution in [2.75, 3.05) is 13.7 Å². The summed E-state index contributed by atoms with van der Waals surface area (Å²) in [5.41, 5.74) is -1.74. The summed E-state index contributed by atoms with van der Waals surface area (Å²) in [5.74, 6) is -2.12. The van der Waals surface area contributed by atoms with E-state index in [0.29, 0.717) is 12.8 Å². The minimum absolute atomic E-state index is 0.0254. The van der Waals surface area contributed by atoms with Crippen molar-refractivity contribution in [3.05, 3.63) is 0 Å². The van der Waals surface area contributed by atoms with Crippen molar-refractivity contribution in [1.82, 2.24) is 5.32 Å². The summed E-state index contributed by atoms with van der Waals surface area (Å²) in [5, 5.41) is 21.2. The molecular formula is C10H17NO5. The van der Waals surface area contributed by atoms with Gasteiger partial charge in [0.1, 0.15) is 5.92 Å². The molecule has 0 aliphatic carbocycles. The Kier molecular flexibility index (Phi) is 3.88. The van der Waals surface area contributed by atoms with Gasteiger partial charge in [-0.3, -0.25) is 9.59 Å². The molecule has 3 N–H and O–H groups in total. The van der Waals surface area contributed by atoms with Crippen molar-refractivity contribution in [1.29, 1.82) is 0 Å². The minimum Gasteiger partial charge on any atom is -0.469 e. The molecule has 1 aliphatic rings. The summed E-state index contributed by atoms with van der Waals surface area (Å²) in [6.45, 7) is 1.27. The van der Waals surface area contributed by atoms with E-state index in [0.717, 1.165) is 0 Å². The lowest BCUT2D eigenvalue weighted by Gasteiger charge is -2.23. The van der Waals surface area contributed by atoms with Crippen LogP contribution in [0.5, 0.6) is 0 Å². The van der Waals surface area contributed by atoms with Crippen molar-refractivity contribution in [3.63, 3.8) is 0 Å². The Morgan fingerprint density at radius 3 is 2.75 bits per heavy atom. The number of nitrogens with one attached hydrogen (secondary N) is 1. The van der Waals surface area contributed by atoms with E-state index in [-0.39, 0.29) is 6.61 Å². The topological polar surface area (TPSA) is 95.9 Å². The lowest BCUT2D eigenvalue weighted by Crippen LogP contribution is -2.44. The molecule has 0 unspecified atom stereocenters. The molecule has 1 aliphatic heterocycles. The van der Waals surface area contributed by atoms with Crippen LogP contribution in [0.4, 0.5) is 0 Å². The van der Waals surface area contributed by atoms with E-state index in [1.807, 2.05) is 0 Å². The number of aliphatic hydroxyl groups excluding tert-OH is 1. The number of rotatable bonds is 4. The molecule has 1 heterocycles. The van der Waals surface area contributed by atoms with E-state index in [9.17, 15) is 14.7 Å². The monoisotopic (exact) mass is 231 g/mol. The van der Waals surface area contributed by atoms with Crippen LogP contribution in [0.2, 0.25) is 0 Å². The summed E-state index contributed by atoms with van der Waals surface area (Å²) < 4.78 is 4.57. The molecule has 16 heavy (non-hydrogen) atoms. The van der Waals surface area contributed by atoms with Crippen LogP contribution < -0.4 is 5.32 Å². The van der Waals surface area contributed by atoms with Gasteiger partial charge >= 0.3 is 5.97 Å². The van der Waals surface area contributed by atoms with E-state index in [1.54, 1.807) is 0 Å². The highest BCUT2D eigenvalue weighted by Crippen LogP contribution is 2.30. The second kappa shape index (κ2) is 4.80. The number of carbonyl (C=O) groups excluding carboxylic acids is 2. The van der Waals surface area contributed by atoms with Crippen molar-refractivity contribution in [2.45, 2.75) is 31.4 Å². The Morgan fingerprint density at radius 2 is 2.25 bits per heavy atom. The van der Waals surface area contributed by atoms with Crippen molar-refractivity contribution < 1.29 is 24.5 Å². The third-order valence-corrected chi connectivity index (χ3v) is 2.91. The quantitative estimate of drug-likeness (QED) is 0.528. The van der Waals surface area contributed by atoms with Gasteiger partial charge in [0.15, 0.2) is 5.60 Å². The van der Waals surface area contributed by atoms with Gasteiger partial charge in [-0.15, -0.1) is 0 Å². The fourth-order valence-corrected chi connectivity index (χ4v) is 2.00. The zero-order chi connectivity index (χ0) is 12.3. The first-order valence-electron chi connectivity index (χ1n) is 5.17. The molecule has 0 aromatic heterocycles. The zero-order valence-electron chi connectivity index (χ0n) is 9.40. The summed E-state index contributed by atoms with van der Waals surface area (Å²) in [6.07, 6.45) is 0.882. The Balaban J connectivity index is 2.85. The lowest BCUT2D eigenvalue weighted by atomic mass is 9.86. The summed E-state index contributed by atoms with van der Waals surface area (Å²) >= 11 is 0. The number of esters is 1. The lowest BCUT2D eigenvalue weighted by molar-refractivity contribution is -0.157. The average molecular weight is 231 g/mol. The maximum Gasteiger partial charge on any atom is 0.314 e. The standard InChI is InChI=1S/C10H17NO5/c1-10(15)7(8(13)16-2)6(4-3-5-12)11-9(10)14/h6-7,12,15H,3-5H2,1-2H3,(H,11,14)/t6-,7-,10-/m0/s1. The second-order valence-electron chi connectivity index (χ2n) is 4.09. The van der Waals surface area contributed by atoms with Crippen LogP contribution in [0.15, 0.2) is 0 Å². The highest BCUT2D eigenvalue weighted by molar-refractivity contribution is 5.94. The van der Waals surface area contributed by atoms with Gasteiger partial charge in [0.05, 0.1) is 7.11 Å². The number of hydrogen-bond donors (Lipinski definition) is 3. The first-order valence-corrected chi connectivity index (χ1v) is 5.17. The molecule has 1 fully saturated rings. The highest BCUT2D eigenvalue weighted by atomic mass is 16.5. The van der Waals surface area contributed by atoms with E-state index in [2.05, 4.69) is 10.1 Å². The van der Waals surface area contributed by atoms with Gasteiger partial charge in [0, 0.05) is 12.6 Å². The van der Waals surface area contributed by atoms with Crippen molar-refractivity contribution in [3.8, 4) is 0 Å². The van der Waals surface area contributed by atoms with Crippen LogP contribution in [0, 0.1) is 5.92 Å². The van der Waals surface area contributed by atoms with Crippen LogP contribution in [-0.2, 0) is 14.3 Å². The van der Waals surface area contributed by atoms with E-state index in [4.69, 9.17) is 5.11 Å². The first-order chi connectivity index (χ1) is 7.45. The molecule has 0 aromatic carbocycles. The molecule has 6 heteroatoms. The number of methoxy groups -OCH3 is 1. The van der Waals surface area contributed by atoms with Crippen LogP contribution in [0.25, 0.3) is 0 Å². The number of aliphatic hydroxyl groups is 2. The number of hydrogen-bond acceptors (Lipinski definition) is 5. The SMILES string of the molecule is COC(=O)[C@@H]1[C@H](CCCO)NC(=O)[C@@]1(C)O. The summed E-state index contributed by atoms with van der Waals surface area (Å²) in [6, 6.07) is -0.484. The van der Waals surface area contributed by atoms with E-state index >= 15 is 0 Å². The predicted octanol–water partition coefficient (Wildman–Crippen LogP) is -1.20. The first kappa shape index (κ1) is 12.9. The zero-order valence-corrected chi connectivity index (χ0v) is 9.40. The van der Waals surface area contributed by atoms with Crippen molar-refractivity contribution >= 4 is 11.9 Å². The fraction of sp³-hybridized carbons (Fsp3) is 0.800. The maximum atomic E-state index is 11.5. The van der Waals surface area contributed by atoms with E-state index < -0.39 is 29.4 Å². The third kappa shape index (κ3) is 2.17. The Hall–Kier alpha value is -1.14. The van der Waals surface area contributed by atoms with Gasteiger partial charge in [-0.25, -0.2) is 0 Å². The molecule has 0 bridgehead atoms. The maximum absolute atomic E-state index is 11.5. The Labute approximate surface area is 93.6 Å². The molecular weight excluding hydrogens is 214 g/mol. The van der Waals surface area contributed by atoms with Gasteiger partial charge < -0.3 is 20.3 Å². The molecule has 1 rings (SSSR count). The Bertz CT molecular complexity index is 289. The molecule has 3 atom stereocenters. The molecule has 1 amide bonds. The third-order valence-electron chi connectivity index (χ3n) is 2.91. The second-order valence-corrected chi connectivity index (χ2v) is 4.09.